The first-order valence-corrected chi connectivity index (χ1v) is 24.4. The zero-order valence-electron chi connectivity index (χ0n) is 38.0. The van der Waals surface area contributed by atoms with E-state index in [1.807, 2.05) is 6.07 Å². The molecule has 2 aliphatic rings. The third-order valence-electron chi connectivity index (χ3n) is 16.0. The first-order chi connectivity index (χ1) is 34.7. The van der Waals surface area contributed by atoms with E-state index < -0.39 is 5.41 Å². The highest BCUT2D eigenvalue weighted by Gasteiger charge is 2.53. The summed E-state index contributed by atoms with van der Waals surface area (Å²) in [6, 6.07) is 90.8. The summed E-state index contributed by atoms with van der Waals surface area (Å²) in [5.74, 6) is 0. The predicted molar refractivity (Wildman–Crippen MR) is 294 cm³/mol. The first-order valence-electron chi connectivity index (χ1n) is 24.4. The highest BCUT2D eigenvalue weighted by molar-refractivity contribution is 6.23. The van der Waals surface area contributed by atoms with Crippen molar-refractivity contribution in [3.05, 3.63) is 265 Å². The van der Waals surface area contributed by atoms with Gasteiger partial charge in [0.15, 0.2) is 0 Å². The fourth-order valence-corrected chi connectivity index (χ4v) is 13.2. The molecule has 0 aliphatic heterocycles. The minimum absolute atomic E-state index is 0.488. The quantitative estimate of drug-likeness (QED) is 0.127. The molecule has 0 N–H and O–H groups in total. The molecular formula is C69H40O. The van der Waals surface area contributed by atoms with Gasteiger partial charge in [-0.15, -0.1) is 0 Å². The lowest BCUT2D eigenvalue weighted by Crippen LogP contribution is -2.26. The van der Waals surface area contributed by atoms with Gasteiger partial charge in [-0.05, 0) is 174 Å². The molecule has 2 aliphatic carbocycles. The Morgan fingerprint density at radius 2 is 0.729 bits per heavy atom. The van der Waals surface area contributed by atoms with Crippen molar-refractivity contribution in [3.8, 4) is 55.6 Å². The number of rotatable bonds is 3. The Morgan fingerprint density at radius 1 is 0.243 bits per heavy atom. The van der Waals surface area contributed by atoms with Crippen LogP contribution >= 0.6 is 0 Å². The highest BCUT2D eigenvalue weighted by atomic mass is 16.3. The molecule has 0 fully saturated rings. The van der Waals surface area contributed by atoms with Crippen molar-refractivity contribution in [3.63, 3.8) is 0 Å². The van der Waals surface area contributed by atoms with Crippen LogP contribution in [0.1, 0.15) is 22.3 Å². The van der Waals surface area contributed by atoms with Crippen molar-refractivity contribution in [2.45, 2.75) is 5.41 Å². The van der Waals surface area contributed by atoms with Gasteiger partial charge in [0.05, 0.1) is 5.41 Å². The Kier molecular flexibility index (Phi) is 7.60. The number of furan rings is 1. The fourth-order valence-electron chi connectivity index (χ4n) is 13.2. The third kappa shape index (κ3) is 4.95. The van der Waals surface area contributed by atoms with Crippen molar-refractivity contribution in [2.75, 3.05) is 0 Å². The van der Waals surface area contributed by atoms with Crippen molar-refractivity contribution >= 4 is 75.8 Å². The van der Waals surface area contributed by atoms with Crippen LogP contribution in [0.3, 0.4) is 0 Å². The molecule has 0 radical (unpaired) electrons. The van der Waals surface area contributed by atoms with Gasteiger partial charge in [0.25, 0.3) is 0 Å². The van der Waals surface area contributed by atoms with Crippen LogP contribution in [-0.4, -0.2) is 0 Å². The number of fused-ring (bicyclic) bond motifs is 21. The lowest BCUT2D eigenvalue weighted by atomic mass is 9.69. The SMILES string of the molecule is c1cc(-c2ccc3cc4c(cc3c2)C2(c3ccccc3-c3ccccc32)c2c-4c3ccccc3c3ccccc23)cc(-c2c3ccccc3c(-c3ccc4oc5ccccc5c4c3)c3ccccc23)c1. The van der Waals surface area contributed by atoms with E-state index >= 15 is 0 Å². The van der Waals surface area contributed by atoms with E-state index in [-0.39, 0.29) is 0 Å². The van der Waals surface area contributed by atoms with Gasteiger partial charge >= 0.3 is 0 Å². The van der Waals surface area contributed by atoms with E-state index in [1.165, 1.54) is 132 Å². The van der Waals surface area contributed by atoms with Crippen molar-refractivity contribution < 1.29 is 4.42 Å². The largest absolute Gasteiger partial charge is 0.456 e. The van der Waals surface area contributed by atoms with Crippen LogP contribution in [0, 0.1) is 0 Å². The van der Waals surface area contributed by atoms with Crippen LogP contribution in [0.15, 0.2) is 247 Å². The van der Waals surface area contributed by atoms with Crippen molar-refractivity contribution in [2.24, 2.45) is 0 Å². The molecule has 13 aromatic carbocycles. The van der Waals surface area contributed by atoms with E-state index in [0.29, 0.717) is 0 Å². The Labute approximate surface area is 404 Å². The van der Waals surface area contributed by atoms with Gasteiger partial charge in [0.2, 0.25) is 0 Å². The molecule has 16 rings (SSSR count). The number of benzene rings is 13. The summed E-state index contributed by atoms with van der Waals surface area (Å²) >= 11 is 0. The molecule has 1 heteroatoms. The lowest BCUT2D eigenvalue weighted by molar-refractivity contribution is 0.669. The van der Waals surface area contributed by atoms with E-state index in [0.717, 1.165) is 21.9 Å². The second-order valence-electron chi connectivity index (χ2n) is 19.4. The average Bonchev–Trinajstić information content (AvgIpc) is 4.06. The van der Waals surface area contributed by atoms with Gasteiger partial charge < -0.3 is 4.42 Å². The maximum absolute atomic E-state index is 6.27. The van der Waals surface area contributed by atoms with Crippen LogP contribution < -0.4 is 0 Å². The minimum Gasteiger partial charge on any atom is -0.456 e. The summed E-state index contributed by atoms with van der Waals surface area (Å²) in [4.78, 5) is 0. The lowest BCUT2D eigenvalue weighted by Gasteiger charge is -2.32. The van der Waals surface area contributed by atoms with Crippen LogP contribution in [0.25, 0.3) is 131 Å². The second-order valence-corrected chi connectivity index (χ2v) is 19.4. The molecule has 0 saturated carbocycles. The van der Waals surface area contributed by atoms with Gasteiger partial charge in [-0.25, -0.2) is 0 Å². The van der Waals surface area contributed by atoms with Gasteiger partial charge in [-0.2, -0.15) is 0 Å². The normalized spacial score (nSPS) is 13.3. The zero-order chi connectivity index (χ0) is 45.7. The van der Waals surface area contributed by atoms with Crippen LogP contribution in [0.4, 0.5) is 0 Å². The van der Waals surface area contributed by atoms with E-state index in [2.05, 4.69) is 237 Å². The minimum atomic E-state index is -0.488. The molecule has 0 saturated heterocycles. The maximum atomic E-state index is 6.27. The number of para-hydroxylation sites is 1. The Morgan fingerprint density at radius 3 is 1.40 bits per heavy atom. The predicted octanol–water partition coefficient (Wildman–Crippen LogP) is 18.7. The van der Waals surface area contributed by atoms with Crippen LogP contribution in [0.2, 0.25) is 0 Å². The molecular weight excluding hydrogens is 845 g/mol. The molecule has 0 bridgehead atoms. The molecule has 0 atom stereocenters. The van der Waals surface area contributed by atoms with Crippen molar-refractivity contribution in [1.29, 1.82) is 0 Å². The molecule has 1 heterocycles. The summed E-state index contributed by atoms with van der Waals surface area (Å²) in [5, 5.41) is 14.9. The summed E-state index contributed by atoms with van der Waals surface area (Å²) < 4.78 is 6.27. The van der Waals surface area contributed by atoms with Gasteiger partial charge in [-0.3, -0.25) is 0 Å². The van der Waals surface area contributed by atoms with E-state index in [4.69, 9.17) is 4.42 Å². The molecule has 1 nitrogen and oxygen atoms in total. The standard InChI is InChI=1S/C69H40O/c1-3-23-52-47(18-1)48-19-2-8-28-57(48)68-67(52)59-38-43-33-32-42(37-46(43)40-62(59)69(68)60-29-12-9-20-49(60)50-21-10-13-30-61(50)69)41-16-15-17-44(36-41)65-53-24-4-6-26-55(53)66(56-27-7-5-25-54(56)65)45-34-35-64-58(39-45)51-22-11-14-31-63(51)70-64/h1-40H. The Bertz CT molecular complexity index is 4500. The monoisotopic (exact) mass is 884 g/mol. The zero-order valence-corrected chi connectivity index (χ0v) is 38.0. The first kappa shape index (κ1) is 38.0. The Hall–Kier alpha value is -9.04. The molecule has 322 valence electrons. The molecule has 70 heavy (non-hydrogen) atoms. The number of hydrogen-bond acceptors (Lipinski definition) is 1. The van der Waals surface area contributed by atoms with Gasteiger partial charge in [0.1, 0.15) is 11.2 Å². The van der Waals surface area contributed by atoms with E-state index in [1.54, 1.807) is 0 Å². The topological polar surface area (TPSA) is 13.1 Å². The summed E-state index contributed by atoms with van der Waals surface area (Å²) in [7, 11) is 0. The van der Waals surface area contributed by atoms with Crippen LogP contribution in [0.5, 0.6) is 0 Å². The molecule has 0 amide bonds. The maximum Gasteiger partial charge on any atom is 0.135 e. The van der Waals surface area contributed by atoms with Gasteiger partial charge in [0, 0.05) is 10.8 Å². The number of hydrogen-bond donors (Lipinski definition) is 0. The third-order valence-corrected chi connectivity index (χ3v) is 16.0. The fraction of sp³-hybridized carbons (Fsp3) is 0.0145. The summed E-state index contributed by atoms with van der Waals surface area (Å²) in [6.45, 7) is 0. The second kappa shape index (κ2) is 14.0. The highest BCUT2D eigenvalue weighted by Crippen LogP contribution is 2.66. The van der Waals surface area contributed by atoms with Crippen LogP contribution in [-0.2, 0) is 5.41 Å². The molecule has 1 spiro atoms. The molecule has 0 unspecified atom stereocenters. The van der Waals surface area contributed by atoms with Crippen molar-refractivity contribution in [1.82, 2.24) is 0 Å². The van der Waals surface area contributed by atoms with Gasteiger partial charge in [-0.1, -0.05) is 200 Å². The smallest absolute Gasteiger partial charge is 0.135 e. The average molecular weight is 885 g/mol. The summed E-state index contributed by atoms with van der Waals surface area (Å²) in [6.07, 6.45) is 0. The summed E-state index contributed by atoms with van der Waals surface area (Å²) in [5.41, 5.74) is 19.4. The molecule has 1 aromatic heterocycles. The molecule has 14 aromatic rings. The Balaban J connectivity index is 0.905. The van der Waals surface area contributed by atoms with E-state index in [9.17, 15) is 0 Å².